The molecule has 4 atom stereocenters. The summed E-state index contributed by atoms with van der Waals surface area (Å²) in [5.74, 6) is -1.50. The Bertz CT molecular complexity index is 1270. The first-order valence-corrected chi connectivity index (χ1v) is 13.3. The third-order valence-electron chi connectivity index (χ3n) is 7.02. The van der Waals surface area contributed by atoms with Crippen molar-refractivity contribution in [1.29, 1.82) is 0 Å². The molecule has 2 saturated heterocycles. The highest BCUT2D eigenvalue weighted by Gasteiger charge is 2.73. The van der Waals surface area contributed by atoms with Crippen molar-refractivity contribution < 1.29 is 23.7 Å². The summed E-state index contributed by atoms with van der Waals surface area (Å²) in [5.41, 5.74) is 2.98. The van der Waals surface area contributed by atoms with E-state index in [0.29, 0.717) is 5.56 Å². The molecular formula is C29H28N2O5S. The van der Waals surface area contributed by atoms with Crippen LogP contribution in [-0.4, -0.2) is 49.4 Å². The summed E-state index contributed by atoms with van der Waals surface area (Å²) < 4.78 is 18.5. The molecule has 2 amide bonds. The Kier molecular flexibility index (Phi) is 6.56. The van der Waals surface area contributed by atoms with Crippen molar-refractivity contribution in [1.82, 2.24) is 10.2 Å². The van der Waals surface area contributed by atoms with E-state index in [1.807, 2.05) is 79.7 Å². The molecule has 0 bridgehead atoms. The van der Waals surface area contributed by atoms with Crippen LogP contribution in [0.1, 0.15) is 47.0 Å². The molecule has 7 nitrogen and oxygen atoms in total. The Morgan fingerprint density at radius 3 is 2.03 bits per heavy atom. The van der Waals surface area contributed by atoms with Crippen LogP contribution < -0.4 is 5.32 Å². The monoisotopic (exact) mass is 516 g/mol. The highest BCUT2D eigenvalue weighted by Crippen LogP contribution is 2.47. The zero-order valence-electron chi connectivity index (χ0n) is 20.8. The predicted octanol–water partition coefficient (Wildman–Crippen LogP) is 3.50. The second kappa shape index (κ2) is 9.68. The Hall–Kier alpha value is -3.62. The lowest BCUT2D eigenvalue weighted by Gasteiger charge is -2.41. The minimum absolute atomic E-state index is 0.407. The summed E-state index contributed by atoms with van der Waals surface area (Å²) in [6.07, 6.45) is -0.688. The number of amides is 2. The highest BCUT2D eigenvalue weighted by atomic mass is 32.2. The number of nitrogens with zero attached hydrogens (tertiary/aromatic N) is 1. The molecule has 1 N–H and O–H groups in total. The maximum Gasteiger partial charge on any atom is 0.335 e. The number of carbonyl (C=O) groups is 3. The lowest BCUT2D eigenvalue weighted by atomic mass is 9.95. The molecule has 37 heavy (non-hydrogen) atoms. The molecular weight excluding hydrogens is 488 g/mol. The van der Waals surface area contributed by atoms with E-state index in [4.69, 9.17) is 4.74 Å². The van der Waals surface area contributed by atoms with Gasteiger partial charge in [0.2, 0.25) is 5.37 Å². The number of β-lactam (4-membered cyclic amide) rings is 1. The molecule has 8 heteroatoms. The topological polar surface area (TPSA) is 98.8 Å². The van der Waals surface area contributed by atoms with E-state index < -0.39 is 57.3 Å². The summed E-state index contributed by atoms with van der Waals surface area (Å²) >= 11 is -1.61. The van der Waals surface area contributed by atoms with Gasteiger partial charge in [0.25, 0.3) is 11.8 Å². The van der Waals surface area contributed by atoms with Crippen molar-refractivity contribution >= 4 is 29.0 Å². The van der Waals surface area contributed by atoms with Gasteiger partial charge in [-0.05, 0) is 55.2 Å². The van der Waals surface area contributed by atoms with Gasteiger partial charge < -0.3 is 14.6 Å². The van der Waals surface area contributed by atoms with E-state index in [0.717, 1.165) is 16.7 Å². The lowest BCUT2D eigenvalue weighted by molar-refractivity contribution is -0.166. The number of nitrogens with one attached hydrogen (secondary N) is 1. The van der Waals surface area contributed by atoms with Crippen LogP contribution in [0.25, 0.3) is 0 Å². The Balaban J connectivity index is 1.38. The number of hydrogen-bond acceptors (Lipinski definition) is 5. The lowest BCUT2D eigenvalue weighted by Crippen LogP contribution is -2.72. The van der Waals surface area contributed by atoms with Crippen LogP contribution in [0.5, 0.6) is 0 Å². The molecule has 3 aromatic rings. The third-order valence-corrected chi connectivity index (χ3v) is 9.21. The van der Waals surface area contributed by atoms with E-state index in [1.54, 1.807) is 26.0 Å². The molecule has 0 unspecified atom stereocenters. The third kappa shape index (κ3) is 4.40. The Labute approximate surface area is 219 Å². The van der Waals surface area contributed by atoms with Crippen LogP contribution >= 0.6 is 0 Å². The highest BCUT2D eigenvalue weighted by molar-refractivity contribution is 7.94. The molecule has 0 radical (unpaired) electrons. The fraction of sp³-hybridized carbons (Fsp3) is 0.276. The number of benzene rings is 3. The number of rotatable bonds is 6. The number of fused-ring (bicyclic) bond motifs is 1. The number of ether oxygens (including phenoxy) is 1. The maximum absolute atomic E-state index is 13.6. The maximum atomic E-state index is 13.6. The SMILES string of the molecule is Cc1ccc(C(=O)N[C@@H]2C(=O)N3[C@@H]2[S@@+]([O-])C(C)(C)[C@@H]3C(=O)OC(c2ccccc2)c2ccccc2)cc1. The molecule has 0 spiro atoms. The molecule has 2 aliphatic rings. The van der Waals surface area contributed by atoms with E-state index >= 15 is 0 Å². The summed E-state index contributed by atoms with van der Waals surface area (Å²) in [6, 6.07) is 23.7. The second-order valence-electron chi connectivity index (χ2n) is 9.89. The molecule has 190 valence electrons. The Morgan fingerprint density at radius 1 is 0.946 bits per heavy atom. The average molecular weight is 517 g/mol. The van der Waals surface area contributed by atoms with Crippen molar-refractivity contribution in [2.45, 2.75) is 49.1 Å². The molecule has 2 aliphatic heterocycles. The van der Waals surface area contributed by atoms with Gasteiger partial charge in [-0.25, -0.2) is 4.79 Å². The molecule has 0 saturated carbocycles. The first kappa shape index (κ1) is 25.0. The van der Waals surface area contributed by atoms with Crippen LogP contribution in [0.3, 0.4) is 0 Å². The van der Waals surface area contributed by atoms with E-state index in [2.05, 4.69) is 5.32 Å². The van der Waals surface area contributed by atoms with Gasteiger partial charge in [0.05, 0.1) is 0 Å². The Morgan fingerprint density at radius 2 is 1.49 bits per heavy atom. The molecule has 5 rings (SSSR count). The van der Waals surface area contributed by atoms with Crippen molar-refractivity contribution in [3.8, 4) is 0 Å². The van der Waals surface area contributed by atoms with Gasteiger partial charge in [-0.2, -0.15) is 0 Å². The first-order chi connectivity index (χ1) is 17.7. The van der Waals surface area contributed by atoms with Crippen molar-refractivity contribution in [2.24, 2.45) is 0 Å². The van der Waals surface area contributed by atoms with Gasteiger partial charge >= 0.3 is 5.97 Å². The summed E-state index contributed by atoms with van der Waals surface area (Å²) in [7, 11) is 0. The van der Waals surface area contributed by atoms with Crippen LogP contribution in [0.4, 0.5) is 0 Å². The smallest absolute Gasteiger partial charge is 0.335 e. The van der Waals surface area contributed by atoms with Gasteiger partial charge in [0.1, 0.15) is 0 Å². The normalized spacial score (nSPS) is 23.8. The standard InChI is InChI=1S/C29H28N2O5S/c1-18-14-16-21(17-15-18)25(32)30-22-26(33)31-24(29(2,3)37(35)27(22)31)28(34)36-23(19-10-6-4-7-11-19)20-12-8-5-9-13-20/h4-17,22-24,27H,1-3H3,(H,30,32)/t22-,24+,27-,37-/m1/s1. The zero-order valence-corrected chi connectivity index (χ0v) is 21.6. The zero-order chi connectivity index (χ0) is 26.3. The second-order valence-corrected chi connectivity index (χ2v) is 12.0. The minimum Gasteiger partial charge on any atom is -0.614 e. The van der Waals surface area contributed by atoms with Gasteiger partial charge in [-0.15, -0.1) is 0 Å². The molecule has 0 aliphatic carbocycles. The number of aryl methyl sites for hydroxylation is 1. The minimum atomic E-state index is -1.61. The summed E-state index contributed by atoms with van der Waals surface area (Å²) in [5, 5.41) is 1.91. The average Bonchev–Trinajstić information content (AvgIpc) is 3.09. The van der Waals surface area contributed by atoms with Crippen LogP contribution in [0.15, 0.2) is 84.9 Å². The van der Waals surface area contributed by atoms with Gasteiger partial charge in [-0.1, -0.05) is 78.4 Å². The van der Waals surface area contributed by atoms with Crippen LogP contribution in [0.2, 0.25) is 0 Å². The van der Waals surface area contributed by atoms with Crippen LogP contribution in [0, 0.1) is 6.92 Å². The fourth-order valence-electron chi connectivity index (χ4n) is 4.97. The summed E-state index contributed by atoms with van der Waals surface area (Å²) in [6.45, 7) is 5.30. The van der Waals surface area contributed by atoms with Crippen molar-refractivity contribution in [3.63, 3.8) is 0 Å². The molecule has 2 fully saturated rings. The number of esters is 1. The quantitative estimate of drug-likeness (QED) is 0.307. The van der Waals surface area contributed by atoms with E-state index in [-0.39, 0.29) is 0 Å². The first-order valence-electron chi connectivity index (χ1n) is 12.1. The van der Waals surface area contributed by atoms with Crippen molar-refractivity contribution in [2.75, 3.05) is 0 Å². The van der Waals surface area contributed by atoms with Gasteiger partial charge in [-0.3, -0.25) is 14.5 Å². The van der Waals surface area contributed by atoms with Crippen molar-refractivity contribution in [3.05, 3.63) is 107 Å². The van der Waals surface area contributed by atoms with Crippen LogP contribution in [-0.2, 0) is 25.5 Å². The van der Waals surface area contributed by atoms with E-state index in [1.165, 1.54) is 4.90 Å². The van der Waals surface area contributed by atoms with Gasteiger partial charge in [0.15, 0.2) is 22.9 Å². The largest absolute Gasteiger partial charge is 0.614 e. The molecule has 2 heterocycles. The number of hydrogen-bond donors (Lipinski definition) is 1. The molecule has 0 aromatic heterocycles. The fourth-order valence-corrected chi connectivity index (χ4v) is 6.88. The summed E-state index contributed by atoms with van der Waals surface area (Å²) in [4.78, 5) is 40.9. The van der Waals surface area contributed by atoms with Gasteiger partial charge in [0, 0.05) is 5.56 Å². The predicted molar refractivity (Wildman–Crippen MR) is 140 cm³/mol. The molecule has 3 aromatic carbocycles. The number of carbonyl (C=O) groups excluding carboxylic acids is 3. The van der Waals surface area contributed by atoms with E-state index in [9.17, 15) is 18.9 Å².